The molecule has 1 saturated carbocycles. The molecule has 1 aliphatic carbocycles. The van der Waals surface area contributed by atoms with Crippen LogP contribution >= 0.6 is 11.8 Å². The molecule has 0 radical (unpaired) electrons. The van der Waals surface area contributed by atoms with Gasteiger partial charge in [0.25, 0.3) is 0 Å². The van der Waals surface area contributed by atoms with Crippen LogP contribution in [0.5, 0.6) is 0 Å². The van der Waals surface area contributed by atoms with Crippen molar-refractivity contribution in [2.75, 3.05) is 0 Å². The van der Waals surface area contributed by atoms with E-state index in [1.807, 2.05) is 51.1 Å². The second-order valence-electron chi connectivity index (χ2n) is 6.24. The summed E-state index contributed by atoms with van der Waals surface area (Å²) in [6.07, 6.45) is 2.48. The Hall–Kier alpha value is -0.390. The van der Waals surface area contributed by atoms with Crippen molar-refractivity contribution in [2.45, 2.75) is 60.7 Å². The van der Waals surface area contributed by atoms with E-state index in [4.69, 9.17) is 0 Å². The van der Waals surface area contributed by atoms with Gasteiger partial charge in [-0.05, 0) is 52.2 Å². The zero-order chi connectivity index (χ0) is 14.8. The summed E-state index contributed by atoms with van der Waals surface area (Å²) in [4.78, 5) is 0.912. The van der Waals surface area contributed by atoms with Gasteiger partial charge in [0.05, 0.1) is 21.3 Å². The van der Waals surface area contributed by atoms with E-state index in [2.05, 4.69) is 4.72 Å². The van der Waals surface area contributed by atoms with Gasteiger partial charge in [0, 0.05) is 4.90 Å². The Morgan fingerprint density at radius 2 is 1.90 bits per heavy atom. The molecule has 0 aromatic heterocycles. The minimum Gasteiger partial charge on any atom is -0.242 e. The molecule has 0 spiro atoms. The number of halogens is 1. The number of hydrogen-bond acceptors (Lipinski definition) is 2. The van der Waals surface area contributed by atoms with Crippen molar-refractivity contribution in [3.05, 3.63) is 30.3 Å². The zero-order valence-electron chi connectivity index (χ0n) is 12.2. The Bertz CT molecular complexity index is 469. The summed E-state index contributed by atoms with van der Waals surface area (Å²) in [7, 11) is -1.24. The molecule has 0 heterocycles. The van der Waals surface area contributed by atoms with E-state index in [1.54, 1.807) is 0 Å². The molecule has 20 heavy (non-hydrogen) atoms. The maximum atomic E-state index is 14.7. The van der Waals surface area contributed by atoms with Crippen molar-refractivity contribution < 1.29 is 8.60 Å². The maximum absolute atomic E-state index is 14.7. The lowest BCUT2D eigenvalue weighted by Gasteiger charge is -2.45. The van der Waals surface area contributed by atoms with Gasteiger partial charge in [-0.1, -0.05) is 30.0 Å². The molecular formula is C15H22FNOS2. The van der Waals surface area contributed by atoms with Crippen LogP contribution in [0.25, 0.3) is 0 Å². The second kappa shape index (κ2) is 6.16. The summed E-state index contributed by atoms with van der Waals surface area (Å²) in [6, 6.07) is 9.55. The predicted octanol–water partition coefficient (Wildman–Crippen LogP) is 4.05. The quantitative estimate of drug-likeness (QED) is 0.831. The molecule has 1 aromatic rings. The number of nitrogens with one attached hydrogen (secondary N) is 1. The lowest BCUT2D eigenvalue weighted by Crippen LogP contribution is -2.59. The van der Waals surface area contributed by atoms with E-state index in [-0.39, 0.29) is 4.75 Å². The van der Waals surface area contributed by atoms with Crippen LogP contribution in [0, 0.1) is 0 Å². The zero-order valence-corrected chi connectivity index (χ0v) is 13.8. The highest BCUT2D eigenvalue weighted by atomic mass is 32.2. The second-order valence-corrected chi connectivity index (χ2v) is 9.33. The van der Waals surface area contributed by atoms with E-state index in [9.17, 15) is 8.60 Å². The third kappa shape index (κ3) is 3.62. The van der Waals surface area contributed by atoms with Crippen LogP contribution in [0.3, 0.4) is 0 Å². The van der Waals surface area contributed by atoms with Gasteiger partial charge in [0.1, 0.15) is 0 Å². The third-order valence-electron chi connectivity index (χ3n) is 3.52. The molecule has 2 unspecified atom stereocenters. The summed E-state index contributed by atoms with van der Waals surface area (Å²) in [5, 5.41) is 0. The van der Waals surface area contributed by atoms with Crippen LogP contribution in [0.1, 0.15) is 40.0 Å². The average Bonchev–Trinajstić information content (AvgIpc) is 2.33. The SMILES string of the molecule is CC(C)(C)S(=O)NC1(C(F)Sc2ccccc2)CCC1. The van der Waals surface area contributed by atoms with Crippen LogP contribution in [0.4, 0.5) is 4.39 Å². The van der Waals surface area contributed by atoms with Crippen molar-refractivity contribution in [1.29, 1.82) is 0 Å². The summed E-state index contributed by atoms with van der Waals surface area (Å²) in [5.41, 5.74) is -1.72. The first-order valence-corrected chi connectivity index (χ1v) is 8.92. The summed E-state index contributed by atoms with van der Waals surface area (Å²) < 4.78 is 29.6. The summed E-state index contributed by atoms with van der Waals surface area (Å²) >= 11 is 1.22. The van der Waals surface area contributed by atoms with E-state index in [1.165, 1.54) is 11.8 Å². The molecule has 0 amide bonds. The van der Waals surface area contributed by atoms with Crippen LogP contribution in [0.15, 0.2) is 35.2 Å². The van der Waals surface area contributed by atoms with Gasteiger partial charge in [-0.2, -0.15) is 0 Å². The Kier molecular flexibility index (Phi) is 4.92. The number of hydrogen-bond donors (Lipinski definition) is 1. The van der Waals surface area contributed by atoms with Crippen molar-refractivity contribution >= 4 is 22.7 Å². The standard InChI is InChI=1S/C15H22FNOS2/c1-14(2,3)20(18)17-15(10-7-11-15)13(16)19-12-8-5-4-6-9-12/h4-6,8-9,13,17H,7,10-11H2,1-3H3. The van der Waals surface area contributed by atoms with Crippen LogP contribution in [-0.4, -0.2) is 20.0 Å². The molecule has 0 aliphatic heterocycles. The Balaban J connectivity index is 2.05. The fourth-order valence-electron chi connectivity index (χ4n) is 2.00. The van der Waals surface area contributed by atoms with Crippen molar-refractivity contribution in [3.63, 3.8) is 0 Å². The number of thioether (sulfide) groups is 1. The van der Waals surface area contributed by atoms with Gasteiger partial charge in [-0.25, -0.2) is 13.3 Å². The molecule has 1 aromatic carbocycles. The molecule has 112 valence electrons. The van der Waals surface area contributed by atoms with E-state index >= 15 is 0 Å². The monoisotopic (exact) mass is 315 g/mol. The number of benzene rings is 1. The molecule has 2 nitrogen and oxygen atoms in total. The maximum Gasteiger partial charge on any atom is 0.169 e. The van der Waals surface area contributed by atoms with Gasteiger partial charge >= 0.3 is 0 Å². The highest BCUT2D eigenvalue weighted by Gasteiger charge is 2.47. The fourth-order valence-corrected chi connectivity index (χ4v) is 4.13. The lowest BCUT2D eigenvalue weighted by molar-refractivity contribution is 0.149. The lowest BCUT2D eigenvalue weighted by atomic mass is 9.79. The number of alkyl halides is 1. The molecule has 1 N–H and O–H groups in total. The molecule has 1 fully saturated rings. The first-order valence-electron chi connectivity index (χ1n) is 6.89. The Morgan fingerprint density at radius 1 is 1.30 bits per heavy atom. The number of rotatable bonds is 5. The van der Waals surface area contributed by atoms with Crippen LogP contribution in [0.2, 0.25) is 0 Å². The minimum absolute atomic E-state index is 0.375. The fraction of sp³-hybridized carbons (Fsp3) is 0.600. The third-order valence-corrected chi connectivity index (χ3v) is 6.42. The average molecular weight is 315 g/mol. The molecule has 0 saturated heterocycles. The van der Waals surface area contributed by atoms with E-state index in [0.29, 0.717) is 0 Å². The van der Waals surface area contributed by atoms with Crippen molar-refractivity contribution in [3.8, 4) is 0 Å². The molecule has 5 heteroatoms. The first-order chi connectivity index (χ1) is 9.33. The normalized spacial score (nSPS) is 21.0. The molecule has 0 bridgehead atoms. The summed E-state index contributed by atoms with van der Waals surface area (Å²) in [6.45, 7) is 5.71. The van der Waals surface area contributed by atoms with Crippen molar-refractivity contribution in [1.82, 2.24) is 4.72 Å². The van der Waals surface area contributed by atoms with Crippen LogP contribution in [-0.2, 0) is 11.0 Å². The van der Waals surface area contributed by atoms with Gasteiger partial charge < -0.3 is 0 Å². The smallest absolute Gasteiger partial charge is 0.169 e. The van der Waals surface area contributed by atoms with E-state index in [0.717, 1.165) is 24.2 Å². The van der Waals surface area contributed by atoms with Gasteiger partial charge in [-0.3, -0.25) is 0 Å². The summed E-state index contributed by atoms with van der Waals surface area (Å²) in [5.74, 6) is 0. The highest BCUT2D eigenvalue weighted by Crippen LogP contribution is 2.44. The van der Waals surface area contributed by atoms with Gasteiger partial charge in [-0.15, -0.1) is 0 Å². The minimum atomic E-state index is -1.24. The van der Waals surface area contributed by atoms with Gasteiger partial charge in [0.2, 0.25) is 0 Å². The Morgan fingerprint density at radius 3 is 2.35 bits per heavy atom. The topological polar surface area (TPSA) is 29.1 Å². The van der Waals surface area contributed by atoms with Gasteiger partial charge in [0.15, 0.2) is 5.50 Å². The molecule has 2 atom stereocenters. The largest absolute Gasteiger partial charge is 0.242 e. The Labute approximate surface area is 127 Å². The molecular weight excluding hydrogens is 293 g/mol. The van der Waals surface area contributed by atoms with Crippen LogP contribution < -0.4 is 4.72 Å². The predicted molar refractivity (Wildman–Crippen MR) is 84.8 cm³/mol. The molecule has 2 rings (SSSR count). The first kappa shape index (κ1) is 16.0. The van der Waals surface area contributed by atoms with E-state index < -0.39 is 22.0 Å². The highest BCUT2D eigenvalue weighted by molar-refractivity contribution is 8.00. The van der Waals surface area contributed by atoms with Crippen molar-refractivity contribution in [2.24, 2.45) is 0 Å². The molecule has 1 aliphatic rings.